The Morgan fingerprint density at radius 1 is 1.10 bits per heavy atom. The smallest absolute Gasteiger partial charge is 0.291 e. The molecular formula is C11H7BrN4O4S. The van der Waals surface area contributed by atoms with Crippen LogP contribution in [0.1, 0.15) is 0 Å². The van der Waals surface area contributed by atoms with Gasteiger partial charge in [-0.1, -0.05) is 15.9 Å². The van der Waals surface area contributed by atoms with Gasteiger partial charge in [0.05, 0.1) is 4.90 Å². The molecule has 2 N–H and O–H groups in total. The lowest BCUT2D eigenvalue weighted by Crippen LogP contribution is -2.23. The number of aromatic amines is 2. The van der Waals surface area contributed by atoms with Gasteiger partial charge < -0.3 is 0 Å². The molecular weight excluding hydrogens is 364 g/mol. The van der Waals surface area contributed by atoms with Crippen LogP contribution < -0.4 is 11.2 Å². The number of imidazole rings is 1. The number of fused-ring (bicyclic) bond motifs is 1. The average Bonchev–Trinajstić information content (AvgIpc) is 2.83. The standard InChI is InChI=1S/C11H7BrN4O4S/c12-6-1-3-7(4-2-6)21(19,20)16-5-13-8-9(16)14-11(18)15-10(8)17/h1-5H,(H2,14,15,17,18). The van der Waals surface area contributed by atoms with Crippen molar-refractivity contribution >= 4 is 37.1 Å². The first-order chi connectivity index (χ1) is 9.89. The third-order valence-corrected chi connectivity index (χ3v) is 4.97. The largest absolute Gasteiger partial charge is 0.327 e. The molecule has 10 heteroatoms. The van der Waals surface area contributed by atoms with E-state index in [1.165, 1.54) is 12.1 Å². The van der Waals surface area contributed by atoms with Gasteiger partial charge in [0.15, 0.2) is 11.2 Å². The highest BCUT2D eigenvalue weighted by Gasteiger charge is 2.21. The van der Waals surface area contributed by atoms with Crippen molar-refractivity contribution in [1.82, 2.24) is 18.9 Å². The van der Waals surface area contributed by atoms with E-state index in [1.54, 1.807) is 12.1 Å². The topological polar surface area (TPSA) is 118 Å². The first kappa shape index (κ1) is 13.8. The van der Waals surface area contributed by atoms with Crippen molar-refractivity contribution in [2.75, 3.05) is 0 Å². The molecule has 0 fully saturated rings. The molecule has 0 atom stereocenters. The zero-order chi connectivity index (χ0) is 15.2. The average molecular weight is 371 g/mol. The number of benzene rings is 1. The van der Waals surface area contributed by atoms with Crippen LogP contribution in [0, 0.1) is 0 Å². The summed E-state index contributed by atoms with van der Waals surface area (Å²) < 4.78 is 26.5. The molecule has 0 unspecified atom stereocenters. The molecule has 0 radical (unpaired) electrons. The molecule has 0 aliphatic rings. The molecule has 0 amide bonds. The molecule has 2 aromatic heterocycles. The van der Waals surface area contributed by atoms with E-state index in [-0.39, 0.29) is 16.1 Å². The maximum atomic E-state index is 12.5. The lowest BCUT2D eigenvalue weighted by Gasteiger charge is -2.06. The van der Waals surface area contributed by atoms with Gasteiger partial charge in [0.1, 0.15) is 6.33 Å². The van der Waals surface area contributed by atoms with Crippen molar-refractivity contribution in [1.29, 1.82) is 0 Å². The van der Waals surface area contributed by atoms with E-state index >= 15 is 0 Å². The van der Waals surface area contributed by atoms with Crippen LogP contribution in [0.15, 0.2) is 49.6 Å². The Morgan fingerprint density at radius 2 is 1.76 bits per heavy atom. The van der Waals surface area contributed by atoms with Crippen molar-refractivity contribution in [3.63, 3.8) is 0 Å². The maximum Gasteiger partial charge on any atom is 0.327 e. The molecule has 2 heterocycles. The second-order valence-electron chi connectivity index (χ2n) is 4.10. The minimum absolute atomic E-state index is 0.00568. The minimum atomic E-state index is -3.96. The van der Waals surface area contributed by atoms with E-state index < -0.39 is 21.3 Å². The van der Waals surface area contributed by atoms with Gasteiger partial charge in [0, 0.05) is 4.47 Å². The van der Waals surface area contributed by atoms with Gasteiger partial charge in [-0.05, 0) is 24.3 Å². The molecule has 3 rings (SSSR count). The van der Waals surface area contributed by atoms with Gasteiger partial charge in [-0.2, -0.15) is 0 Å². The van der Waals surface area contributed by atoms with E-state index in [0.29, 0.717) is 0 Å². The van der Waals surface area contributed by atoms with E-state index in [0.717, 1.165) is 14.8 Å². The summed E-state index contributed by atoms with van der Waals surface area (Å²) >= 11 is 3.21. The van der Waals surface area contributed by atoms with Crippen molar-refractivity contribution in [3.8, 4) is 0 Å². The van der Waals surface area contributed by atoms with E-state index in [4.69, 9.17) is 0 Å². The van der Waals surface area contributed by atoms with E-state index in [2.05, 4.69) is 25.9 Å². The van der Waals surface area contributed by atoms with Gasteiger partial charge in [-0.25, -0.2) is 22.2 Å². The molecule has 0 bridgehead atoms. The lowest BCUT2D eigenvalue weighted by atomic mass is 10.4. The number of H-pyrrole nitrogens is 2. The normalized spacial score (nSPS) is 11.9. The fourth-order valence-electron chi connectivity index (χ4n) is 1.82. The van der Waals surface area contributed by atoms with Gasteiger partial charge in [0.25, 0.3) is 15.6 Å². The molecule has 1 aromatic carbocycles. The molecule has 21 heavy (non-hydrogen) atoms. The summed E-state index contributed by atoms with van der Waals surface area (Å²) in [5, 5.41) is 0. The summed E-state index contributed by atoms with van der Waals surface area (Å²) in [5.41, 5.74) is -1.89. The second-order valence-corrected chi connectivity index (χ2v) is 6.84. The highest BCUT2D eigenvalue weighted by Crippen LogP contribution is 2.19. The lowest BCUT2D eigenvalue weighted by molar-refractivity contribution is 0.588. The monoisotopic (exact) mass is 370 g/mol. The van der Waals surface area contributed by atoms with Gasteiger partial charge in [-0.15, -0.1) is 0 Å². The van der Waals surface area contributed by atoms with Crippen LogP contribution in [0.4, 0.5) is 0 Å². The Labute approximate surface area is 125 Å². The first-order valence-corrected chi connectivity index (χ1v) is 7.84. The SMILES string of the molecule is O=c1[nH]c(=O)c2ncn(S(=O)(=O)c3ccc(Br)cc3)c2[nH]1. The highest BCUT2D eigenvalue weighted by atomic mass is 79.9. The number of hydrogen-bond donors (Lipinski definition) is 2. The Balaban J connectivity index is 2.32. The quantitative estimate of drug-likeness (QED) is 0.677. The van der Waals surface area contributed by atoms with Crippen LogP contribution in [0.5, 0.6) is 0 Å². The molecule has 0 spiro atoms. The van der Waals surface area contributed by atoms with Crippen LogP contribution in [0.3, 0.4) is 0 Å². The molecule has 3 aromatic rings. The highest BCUT2D eigenvalue weighted by molar-refractivity contribution is 9.10. The Bertz CT molecular complexity index is 1050. The zero-order valence-electron chi connectivity index (χ0n) is 10.2. The fourth-order valence-corrected chi connectivity index (χ4v) is 3.33. The third kappa shape index (κ3) is 2.21. The van der Waals surface area contributed by atoms with Crippen molar-refractivity contribution < 1.29 is 8.42 Å². The predicted octanol–water partition coefficient (Wildman–Crippen LogP) is 0.412. The van der Waals surface area contributed by atoms with Crippen molar-refractivity contribution in [2.24, 2.45) is 0 Å². The number of nitrogens with one attached hydrogen (secondary N) is 2. The number of nitrogens with zero attached hydrogens (tertiary/aromatic N) is 2. The summed E-state index contributed by atoms with van der Waals surface area (Å²) in [7, 11) is -3.96. The second kappa shape index (κ2) is 4.67. The molecule has 8 nitrogen and oxygen atoms in total. The minimum Gasteiger partial charge on any atom is -0.291 e. The zero-order valence-corrected chi connectivity index (χ0v) is 12.6. The number of hydrogen-bond acceptors (Lipinski definition) is 5. The molecule has 0 saturated heterocycles. The Kier molecular flexibility index (Phi) is 3.06. The summed E-state index contributed by atoms with van der Waals surface area (Å²) in [6.07, 6.45) is 0.979. The molecule has 0 saturated carbocycles. The van der Waals surface area contributed by atoms with Crippen LogP contribution in [0.2, 0.25) is 0 Å². The van der Waals surface area contributed by atoms with Crippen LogP contribution in [0.25, 0.3) is 11.2 Å². The third-order valence-electron chi connectivity index (χ3n) is 2.78. The van der Waals surface area contributed by atoms with Crippen LogP contribution in [-0.4, -0.2) is 27.3 Å². The fraction of sp³-hybridized carbons (Fsp3) is 0. The molecule has 0 aliphatic heterocycles. The van der Waals surface area contributed by atoms with Crippen LogP contribution >= 0.6 is 15.9 Å². The predicted molar refractivity (Wildman–Crippen MR) is 77.7 cm³/mol. The molecule has 0 aliphatic carbocycles. The first-order valence-electron chi connectivity index (χ1n) is 5.60. The van der Waals surface area contributed by atoms with E-state index in [1.807, 2.05) is 4.98 Å². The summed E-state index contributed by atoms with van der Waals surface area (Å²) in [6.45, 7) is 0. The summed E-state index contributed by atoms with van der Waals surface area (Å²) in [6, 6.07) is 5.94. The van der Waals surface area contributed by atoms with Gasteiger partial charge in [0.2, 0.25) is 0 Å². The molecule has 108 valence electrons. The van der Waals surface area contributed by atoms with E-state index in [9.17, 15) is 18.0 Å². The van der Waals surface area contributed by atoms with Crippen molar-refractivity contribution in [3.05, 3.63) is 55.9 Å². The van der Waals surface area contributed by atoms with Crippen molar-refractivity contribution in [2.45, 2.75) is 4.90 Å². The van der Waals surface area contributed by atoms with Gasteiger partial charge in [-0.3, -0.25) is 14.8 Å². The summed E-state index contributed by atoms with van der Waals surface area (Å²) in [4.78, 5) is 30.9. The van der Waals surface area contributed by atoms with Gasteiger partial charge >= 0.3 is 5.69 Å². The Hall–Kier alpha value is -2.20. The number of rotatable bonds is 2. The maximum absolute atomic E-state index is 12.5. The Morgan fingerprint density at radius 3 is 2.43 bits per heavy atom. The van der Waals surface area contributed by atoms with Crippen LogP contribution in [-0.2, 0) is 10.0 Å². The summed E-state index contributed by atoms with van der Waals surface area (Å²) in [5.74, 6) is 0. The number of aromatic nitrogens is 4. The number of halogens is 1.